The van der Waals surface area contributed by atoms with Gasteiger partial charge in [-0.05, 0) is 37.1 Å². The van der Waals surface area contributed by atoms with Gasteiger partial charge < -0.3 is 10.1 Å². The Hall–Kier alpha value is -0.950. The maximum atomic E-state index is 12.8. The van der Waals surface area contributed by atoms with Gasteiger partial charge in [-0.15, -0.1) is 0 Å². The van der Waals surface area contributed by atoms with Gasteiger partial charge in [0.1, 0.15) is 0 Å². The largest absolute Gasteiger partial charge is 0.383 e. The van der Waals surface area contributed by atoms with Crippen LogP contribution in [0.5, 0.6) is 0 Å². The van der Waals surface area contributed by atoms with E-state index < -0.39 is 10.0 Å². The van der Waals surface area contributed by atoms with Crippen LogP contribution in [0, 0.1) is 0 Å². The summed E-state index contributed by atoms with van der Waals surface area (Å²) in [6.45, 7) is 4.41. The summed E-state index contributed by atoms with van der Waals surface area (Å²) in [6.07, 6.45) is 1.89. The molecule has 0 aliphatic heterocycles. The van der Waals surface area contributed by atoms with Crippen molar-refractivity contribution in [3.05, 3.63) is 29.8 Å². The molecule has 21 heavy (non-hydrogen) atoms. The topological polar surface area (TPSA) is 58.6 Å². The lowest BCUT2D eigenvalue weighted by molar-refractivity contribution is 0.177. The third-order valence-electron chi connectivity index (χ3n) is 3.55. The van der Waals surface area contributed by atoms with Crippen LogP contribution in [0.25, 0.3) is 0 Å². The highest BCUT2D eigenvalue weighted by atomic mass is 32.2. The van der Waals surface area contributed by atoms with Gasteiger partial charge >= 0.3 is 0 Å². The number of benzene rings is 1. The van der Waals surface area contributed by atoms with Crippen LogP contribution in [0.2, 0.25) is 0 Å². The zero-order chi connectivity index (χ0) is 15.3. The van der Waals surface area contributed by atoms with Crippen LogP contribution in [-0.4, -0.2) is 45.6 Å². The van der Waals surface area contributed by atoms with E-state index in [4.69, 9.17) is 4.74 Å². The Labute approximate surface area is 127 Å². The first-order chi connectivity index (χ1) is 10.1. The van der Waals surface area contributed by atoms with Crippen molar-refractivity contribution in [1.82, 2.24) is 9.62 Å². The van der Waals surface area contributed by atoms with Gasteiger partial charge in [0.05, 0.1) is 11.5 Å². The summed E-state index contributed by atoms with van der Waals surface area (Å²) in [5.41, 5.74) is 0.986. The van der Waals surface area contributed by atoms with E-state index in [1.165, 1.54) is 0 Å². The van der Waals surface area contributed by atoms with Crippen molar-refractivity contribution < 1.29 is 13.2 Å². The van der Waals surface area contributed by atoms with Crippen molar-refractivity contribution in [3.8, 4) is 0 Å². The summed E-state index contributed by atoms with van der Waals surface area (Å²) < 4.78 is 32.2. The summed E-state index contributed by atoms with van der Waals surface area (Å²) in [4.78, 5) is 0.376. The highest BCUT2D eigenvalue weighted by molar-refractivity contribution is 7.89. The van der Waals surface area contributed by atoms with Crippen LogP contribution in [0.15, 0.2) is 29.2 Å². The highest BCUT2D eigenvalue weighted by Crippen LogP contribution is 2.31. The van der Waals surface area contributed by atoms with Crippen LogP contribution >= 0.6 is 0 Å². The number of nitrogens with zero attached hydrogens (tertiary/aromatic N) is 1. The molecule has 1 aliphatic rings. The predicted molar refractivity (Wildman–Crippen MR) is 82.6 cm³/mol. The standard InChI is InChI=1S/C15H24N2O3S/c1-3-16-12-13-5-4-6-15(11-13)21(18,19)17(9-10-20-2)14-7-8-14/h4-6,11,14,16H,3,7-10,12H2,1-2H3. The highest BCUT2D eigenvalue weighted by Gasteiger charge is 2.37. The van der Waals surface area contributed by atoms with E-state index in [0.29, 0.717) is 24.6 Å². The van der Waals surface area contributed by atoms with Crippen molar-refractivity contribution >= 4 is 10.0 Å². The molecule has 0 radical (unpaired) electrons. The minimum atomic E-state index is -3.43. The van der Waals surface area contributed by atoms with Gasteiger partial charge in [0.25, 0.3) is 0 Å². The zero-order valence-corrected chi connectivity index (χ0v) is 13.5. The Morgan fingerprint density at radius 2 is 2.14 bits per heavy atom. The number of hydrogen-bond donors (Lipinski definition) is 1. The maximum Gasteiger partial charge on any atom is 0.243 e. The molecule has 6 heteroatoms. The molecule has 0 saturated heterocycles. The Balaban J connectivity index is 2.20. The fourth-order valence-corrected chi connectivity index (χ4v) is 4.00. The van der Waals surface area contributed by atoms with Gasteiger partial charge in [-0.25, -0.2) is 8.42 Å². The monoisotopic (exact) mass is 312 g/mol. The number of hydrogen-bond acceptors (Lipinski definition) is 4. The number of rotatable bonds is 9. The first-order valence-corrected chi connectivity index (χ1v) is 8.84. The number of methoxy groups -OCH3 is 1. The minimum absolute atomic E-state index is 0.141. The molecule has 118 valence electrons. The molecule has 1 aromatic carbocycles. The molecule has 0 bridgehead atoms. The summed E-state index contributed by atoms with van der Waals surface area (Å²) in [7, 11) is -1.84. The molecule has 1 aromatic rings. The molecule has 0 unspecified atom stereocenters. The van der Waals surface area contributed by atoms with Crippen molar-refractivity contribution in [1.29, 1.82) is 0 Å². The van der Waals surface area contributed by atoms with E-state index in [1.807, 2.05) is 13.0 Å². The molecule has 1 fully saturated rings. The minimum Gasteiger partial charge on any atom is -0.383 e. The molecule has 1 N–H and O–H groups in total. The Morgan fingerprint density at radius 1 is 1.38 bits per heavy atom. The van der Waals surface area contributed by atoms with Gasteiger partial charge in [-0.2, -0.15) is 4.31 Å². The van der Waals surface area contributed by atoms with E-state index in [0.717, 1.165) is 24.9 Å². The molecule has 0 heterocycles. The zero-order valence-electron chi connectivity index (χ0n) is 12.7. The predicted octanol–water partition coefficient (Wildman–Crippen LogP) is 1.60. The second-order valence-corrected chi connectivity index (χ2v) is 7.16. The van der Waals surface area contributed by atoms with E-state index in [1.54, 1.807) is 29.6 Å². The summed E-state index contributed by atoms with van der Waals surface area (Å²) in [6, 6.07) is 7.33. The molecule has 0 spiro atoms. The molecule has 2 rings (SSSR count). The van der Waals surface area contributed by atoms with Crippen LogP contribution in [-0.2, 0) is 21.3 Å². The molecule has 5 nitrogen and oxygen atoms in total. The van der Waals surface area contributed by atoms with Gasteiger partial charge in [0.15, 0.2) is 0 Å². The quantitative estimate of drug-likeness (QED) is 0.752. The Morgan fingerprint density at radius 3 is 2.76 bits per heavy atom. The Bertz CT molecular complexity index is 556. The van der Waals surface area contributed by atoms with Crippen LogP contribution < -0.4 is 5.32 Å². The first kappa shape index (κ1) is 16.4. The second-order valence-electron chi connectivity index (χ2n) is 5.27. The van der Waals surface area contributed by atoms with Crippen molar-refractivity contribution in [2.45, 2.75) is 37.2 Å². The number of nitrogens with one attached hydrogen (secondary N) is 1. The summed E-state index contributed by atoms with van der Waals surface area (Å²) in [5, 5.41) is 3.21. The lowest BCUT2D eigenvalue weighted by Crippen LogP contribution is -2.35. The molecule has 1 aliphatic carbocycles. The normalized spacial score (nSPS) is 15.6. The van der Waals surface area contributed by atoms with Gasteiger partial charge in [0.2, 0.25) is 10.0 Å². The van der Waals surface area contributed by atoms with E-state index in [2.05, 4.69) is 5.32 Å². The molecule has 0 atom stereocenters. The SMILES string of the molecule is CCNCc1cccc(S(=O)(=O)N(CCOC)C2CC2)c1. The number of ether oxygens (including phenoxy) is 1. The third kappa shape index (κ3) is 4.26. The Kier molecular flexibility index (Phi) is 5.75. The van der Waals surface area contributed by atoms with Crippen LogP contribution in [0.3, 0.4) is 0 Å². The smallest absolute Gasteiger partial charge is 0.243 e. The summed E-state index contributed by atoms with van der Waals surface area (Å²) >= 11 is 0. The maximum absolute atomic E-state index is 12.8. The van der Waals surface area contributed by atoms with E-state index in [9.17, 15) is 8.42 Å². The van der Waals surface area contributed by atoms with Crippen molar-refractivity contribution in [2.75, 3.05) is 26.8 Å². The van der Waals surface area contributed by atoms with Gasteiger partial charge in [0, 0.05) is 26.2 Å². The third-order valence-corrected chi connectivity index (χ3v) is 5.50. The van der Waals surface area contributed by atoms with Crippen LogP contribution in [0.1, 0.15) is 25.3 Å². The average molecular weight is 312 g/mol. The van der Waals surface area contributed by atoms with Crippen molar-refractivity contribution in [2.24, 2.45) is 0 Å². The summed E-state index contributed by atoms with van der Waals surface area (Å²) in [5.74, 6) is 0. The number of sulfonamides is 1. The molecular weight excluding hydrogens is 288 g/mol. The molecule has 0 amide bonds. The van der Waals surface area contributed by atoms with Gasteiger partial charge in [-0.1, -0.05) is 19.1 Å². The fraction of sp³-hybridized carbons (Fsp3) is 0.600. The lowest BCUT2D eigenvalue weighted by atomic mass is 10.2. The molecule has 0 aromatic heterocycles. The average Bonchev–Trinajstić information content (AvgIpc) is 3.30. The van der Waals surface area contributed by atoms with Crippen LogP contribution in [0.4, 0.5) is 0 Å². The lowest BCUT2D eigenvalue weighted by Gasteiger charge is -2.21. The molecular formula is C15H24N2O3S. The van der Waals surface area contributed by atoms with E-state index in [-0.39, 0.29) is 6.04 Å². The first-order valence-electron chi connectivity index (χ1n) is 7.40. The van der Waals surface area contributed by atoms with E-state index >= 15 is 0 Å². The molecule has 1 saturated carbocycles. The fourth-order valence-electron chi connectivity index (χ4n) is 2.26. The van der Waals surface area contributed by atoms with Gasteiger partial charge in [-0.3, -0.25) is 0 Å². The second kappa shape index (κ2) is 7.35. The van der Waals surface area contributed by atoms with Crippen molar-refractivity contribution in [3.63, 3.8) is 0 Å².